The quantitative estimate of drug-likeness (QED) is 0.207. The Labute approximate surface area is 200 Å². The van der Waals surface area contributed by atoms with E-state index in [1.54, 1.807) is 0 Å². The Morgan fingerprint density at radius 1 is 0.474 bits per heavy atom. The van der Waals surface area contributed by atoms with Crippen LogP contribution < -0.4 is 0 Å². The van der Waals surface area contributed by atoms with Gasteiger partial charge in [0.2, 0.25) is 0 Å². The molecule has 0 atom stereocenters. The number of rotatable bonds is 6. The van der Waals surface area contributed by atoms with E-state index in [-0.39, 0.29) is 24.3 Å². The fourth-order valence-corrected chi connectivity index (χ4v) is 2.73. The van der Waals surface area contributed by atoms with Crippen LogP contribution in [0.25, 0.3) is 0 Å². The number of carbonyl (C=O) groups is 2. The first-order valence-electron chi connectivity index (χ1n) is 9.28. The van der Waals surface area contributed by atoms with Crippen molar-refractivity contribution in [2.45, 2.75) is 36.0 Å². The van der Waals surface area contributed by atoms with E-state index in [9.17, 15) is 71.1 Å². The van der Waals surface area contributed by atoms with E-state index in [0.717, 1.165) is 0 Å². The molecule has 18 heteroatoms. The summed E-state index contributed by atoms with van der Waals surface area (Å²) in [4.78, 5) is 31.4. The van der Waals surface area contributed by atoms with E-state index >= 15 is 0 Å². The molecule has 0 fully saturated rings. The van der Waals surface area contributed by atoms with Gasteiger partial charge >= 0.3 is 48.0 Å². The van der Waals surface area contributed by atoms with Gasteiger partial charge in [0.25, 0.3) is 0 Å². The Morgan fingerprint density at radius 3 is 1.00 bits per heavy atom. The number of hydrogen-bond donors (Lipinski definition) is 0. The monoisotopic (exact) mass is 578 g/mol. The van der Waals surface area contributed by atoms with Gasteiger partial charge < -0.3 is 0 Å². The van der Waals surface area contributed by atoms with Crippen LogP contribution in [0.3, 0.4) is 0 Å². The van der Waals surface area contributed by atoms with E-state index in [0.29, 0.717) is 24.3 Å². The lowest BCUT2D eigenvalue weighted by Gasteiger charge is -2.29. The van der Waals surface area contributed by atoms with E-state index in [4.69, 9.17) is 0 Å². The zero-order valence-corrected chi connectivity index (χ0v) is 17.5. The molecule has 210 valence electrons. The fraction of sp³-hybridized carbons (Fsp3) is 0.300. The third kappa shape index (κ3) is 5.07. The molecule has 38 heavy (non-hydrogen) atoms. The van der Waals surface area contributed by atoms with Crippen LogP contribution >= 0.6 is 0 Å². The third-order valence-corrected chi connectivity index (χ3v) is 4.66. The summed E-state index contributed by atoms with van der Waals surface area (Å²) in [6.45, 7) is 0. The maximum absolute atomic E-state index is 14.1. The number of benzene rings is 2. The molecule has 2 rings (SSSR count). The summed E-state index contributed by atoms with van der Waals surface area (Å²) in [6.07, 6.45) is -13.7. The molecule has 0 unspecified atom stereocenters. The highest BCUT2D eigenvalue weighted by Crippen LogP contribution is 2.53. The molecule has 2 aromatic carbocycles. The van der Waals surface area contributed by atoms with Crippen molar-refractivity contribution in [2.75, 3.05) is 0 Å². The standard InChI is InChI=1S/C20H8F14O4/c21-15(22,17(25,26)19(29,30)31)11-7-3-1-5-9(11)13(35)37-38-14(36)10-6-2-4-8-12(10)16(23,24)18(27,28)20(32,33)34/h1-8H. The summed E-state index contributed by atoms with van der Waals surface area (Å²) in [5, 5.41) is 0. The molecule has 0 saturated heterocycles. The molecule has 0 aliphatic carbocycles. The van der Waals surface area contributed by atoms with Gasteiger partial charge in [0.1, 0.15) is 0 Å². The SMILES string of the molecule is O=C(OOC(=O)c1ccccc1C(F)(F)C(F)(F)C(F)(F)F)c1ccccc1C(F)(F)C(F)(F)C(F)(F)F. The predicted molar refractivity (Wildman–Crippen MR) is 93.5 cm³/mol. The highest BCUT2D eigenvalue weighted by molar-refractivity contribution is 5.94. The maximum Gasteiger partial charge on any atom is 0.460 e. The third-order valence-electron chi connectivity index (χ3n) is 4.66. The molecule has 0 aromatic heterocycles. The van der Waals surface area contributed by atoms with Crippen LogP contribution in [-0.2, 0) is 21.6 Å². The second kappa shape index (κ2) is 9.61. The van der Waals surface area contributed by atoms with Crippen LogP contribution in [0.15, 0.2) is 48.5 Å². The van der Waals surface area contributed by atoms with Crippen molar-refractivity contribution in [3.05, 3.63) is 70.8 Å². The summed E-state index contributed by atoms with van der Waals surface area (Å²) < 4.78 is 185. The van der Waals surface area contributed by atoms with Crippen molar-refractivity contribution in [3.8, 4) is 0 Å². The first-order chi connectivity index (χ1) is 17.0. The average Bonchev–Trinajstić information content (AvgIpc) is 2.80. The minimum absolute atomic E-state index is 0.0624. The van der Waals surface area contributed by atoms with E-state index in [2.05, 4.69) is 9.78 Å². The first-order valence-corrected chi connectivity index (χ1v) is 9.28. The number of carbonyl (C=O) groups excluding carboxylic acids is 2. The van der Waals surface area contributed by atoms with Gasteiger partial charge in [-0.2, -0.15) is 61.5 Å². The second-order valence-electron chi connectivity index (χ2n) is 7.13. The van der Waals surface area contributed by atoms with Crippen molar-refractivity contribution in [3.63, 3.8) is 0 Å². The lowest BCUT2D eigenvalue weighted by molar-refractivity contribution is -0.360. The smallest absolute Gasteiger partial charge is 0.241 e. The molecule has 0 amide bonds. The summed E-state index contributed by atoms with van der Waals surface area (Å²) in [7, 11) is 0. The van der Waals surface area contributed by atoms with Gasteiger partial charge in [0.05, 0.1) is 11.1 Å². The summed E-state index contributed by atoms with van der Waals surface area (Å²) in [5.41, 5.74) is -8.09. The van der Waals surface area contributed by atoms with E-state index in [1.165, 1.54) is 0 Å². The van der Waals surface area contributed by atoms with Gasteiger partial charge in [-0.3, -0.25) is 0 Å². The van der Waals surface area contributed by atoms with Gasteiger partial charge in [-0.25, -0.2) is 19.4 Å². The molecule has 0 aliphatic heterocycles. The Morgan fingerprint density at radius 2 is 0.737 bits per heavy atom. The average molecular weight is 578 g/mol. The van der Waals surface area contributed by atoms with E-state index < -0.39 is 70.2 Å². The van der Waals surface area contributed by atoms with Crippen molar-refractivity contribution in [2.24, 2.45) is 0 Å². The Hall–Kier alpha value is -3.60. The molecule has 0 heterocycles. The van der Waals surface area contributed by atoms with Crippen molar-refractivity contribution in [1.82, 2.24) is 0 Å². The van der Waals surface area contributed by atoms with Crippen LogP contribution in [0.1, 0.15) is 31.8 Å². The largest absolute Gasteiger partial charge is 0.460 e. The van der Waals surface area contributed by atoms with Gasteiger partial charge in [-0.05, 0) is 12.1 Å². The number of hydrogen-bond acceptors (Lipinski definition) is 4. The molecule has 0 spiro atoms. The van der Waals surface area contributed by atoms with Gasteiger partial charge in [0.15, 0.2) is 0 Å². The molecular formula is C20H8F14O4. The Balaban J connectivity index is 2.39. The van der Waals surface area contributed by atoms with E-state index in [1.807, 2.05) is 0 Å². The normalized spacial score (nSPS) is 13.7. The minimum atomic E-state index is -6.83. The van der Waals surface area contributed by atoms with Crippen LogP contribution in [-0.4, -0.2) is 36.1 Å². The van der Waals surface area contributed by atoms with Crippen molar-refractivity contribution in [1.29, 1.82) is 0 Å². The molecular weight excluding hydrogens is 570 g/mol. The predicted octanol–water partition coefficient (Wildman–Crippen LogP) is 7.19. The summed E-state index contributed by atoms with van der Waals surface area (Å²) in [6, 6.07) is 2.59. The van der Waals surface area contributed by atoms with Crippen LogP contribution in [0, 0.1) is 0 Å². The lowest BCUT2D eigenvalue weighted by Crippen LogP contribution is -2.50. The zero-order valence-electron chi connectivity index (χ0n) is 17.5. The Bertz CT molecular complexity index is 1110. The molecule has 2 aromatic rings. The highest BCUT2D eigenvalue weighted by Gasteiger charge is 2.75. The number of alkyl halides is 14. The molecule has 0 bridgehead atoms. The summed E-state index contributed by atoms with van der Waals surface area (Å²) >= 11 is 0. The number of halogens is 14. The first kappa shape index (κ1) is 30.6. The summed E-state index contributed by atoms with van der Waals surface area (Å²) in [5.74, 6) is -30.5. The zero-order chi connectivity index (χ0) is 29.5. The topological polar surface area (TPSA) is 52.6 Å². The second-order valence-corrected chi connectivity index (χ2v) is 7.13. The molecule has 0 N–H and O–H groups in total. The highest BCUT2D eigenvalue weighted by atomic mass is 19.4. The Kier molecular flexibility index (Phi) is 7.75. The molecule has 0 radical (unpaired) electrons. The van der Waals surface area contributed by atoms with Crippen molar-refractivity contribution < 1.29 is 80.8 Å². The minimum Gasteiger partial charge on any atom is -0.241 e. The molecule has 0 saturated carbocycles. The van der Waals surface area contributed by atoms with Crippen molar-refractivity contribution >= 4 is 11.9 Å². The lowest BCUT2D eigenvalue weighted by atomic mass is 9.96. The van der Waals surface area contributed by atoms with Gasteiger partial charge in [-0.1, -0.05) is 36.4 Å². The van der Waals surface area contributed by atoms with Gasteiger partial charge in [0, 0.05) is 11.1 Å². The molecule has 4 nitrogen and oxygen atoms in total. The van der Waals surface area contributed by atoms with Crippen LogP contribution in [0.4, 0.5) is 61.5 Å². The molecule has 0 aliphatic rings. The van der Waals surface area contributed by atoms with Gasteiger partial charge in [-0.15, -0.1) is 0 Å². The van der Waals surface area contributed by atoms with Crippen LogP contribution in [0.2, 0.25) is 0 Å². The fourth-order valence-electron chi connectivity index (χ4n) is 2.73. The van der Waals surface area contributed by atoms with Crippen LogP contribution in [0.5, 0.6) is 0 Å². The maximum atomic E-state index is 14.1.